The number of aromatic nitrogens is 2. The number of hydrogen-bond acceptors (Lipinski definition) is 6. The van der Waals surface area contributed by atoms with E-state index in [-0.39, 0.29) is 5.97 Å². The third-order valence-corrected chi connectivity index (χ3v) is 5.70. The van der Waals surface area contributed by atoms with Crippen LogP contribution in [-0.2, 0) is 11.3 Å². The molecule has 0 atom stereocenters. The van der Waals surface area contributed by atoms with Gasteiger partial charge in [0, 0.05) is 11.1 Å². The third kappa shape index (κ3) is 4.93. The summed E-state index contributed by atoms with van der Waals surface area (Å²) in [5.41, 5.74) is 3.22. The number of nitrogens with one attached hydrogen (secondary N) is 2. The molecule has 0 bridgehead atoms. The Hall–Kier alpha value is -2.91. The molecule has 9 heteroatoms. The largest absolute Gasteiger partial charge is 0.497 e. The van der Waals surface area contributed by atoms with Crippen LogP contribution in [0.25, 0.3) is 0 Å². The number of ether oxygens (including phenoxy) is 2. The van der Waals surface area contributed by atoms with Gasteiger partial charge in [-0.15, -0.1) is 11.3 Å². The second kappa shape index (κ2) is 9.06. The molecular weight excluding hydrogens is 408 g/mol. The van der Waals surface area contributed by atoms with E-state index in [2.05, 4.69) is 15.7 Å². The van der Waals surface area contributed by atoms with Gasteiger partial charge in [0.2, 0.25) is 0 Å². The molecule has 0 unspecified atom stereocenters. The molecule has 0 radical (unpaired) electrons. The summed E-state index contributed by atoms with van der Waals surface area (Å²) < 4.78 is 11.9. The van der Waals surface area contributed by atoms with Gasteiger partial charge in [0.15, 0.2) is 5.11 Å². The highest BCUT2D eigenvalue weighted by Crippen LogP contribution is 2.33. The highest BCUT2D eigenvalue weighted by Gasteiger charge is 2.20. The highest BCUT2D eigenvalue weighted by atomic mass is 32.1. The summed E-state index contributed by atoms with van der Waals surface area (Å²) in [7, 11) is 3.01. The van der Waals surface area contributed by atoms with Crippen molar-refractivity contribution in [2.45, 2.75) is 20.4 Å². The summed E-state index contributed by atoms with van der Waals surface area (Å²) in [6, 6.07) is 7.83. The lowest BCUT2D eigenvalue weighted by Gasteiger charge is -2.09. The van der Waals surface area contributed by atoms with Gasteiger partial charge in [-0.2, -0.15) is 5.10 Å². The van der Waals surface area contributed by atoms with Gasteiger partial charge in [0.05, 0.1) is 38.2 Å². The van der Waals surface area contributed by atoms with Gasteiger partial charge in [-0.3, -0.25) is 4.68 Å². The lowest BCUT2D eigenvalue weighted by Crippen LogP contribution is -2.19. The number of carbonyl (C=O) groups is 1. The van der Waals surface area contributed by atoms with Gasteiger partial charge < -0.3 is 20.1 Å². The molecule has 2 N–H and O–H groups in total. The molecule has 0 spiro atoms. The molecule has 0 fully saturated rings. The Kier molecular flexibility index (Phi) is 6.50. The van der Waals surface area contributed by atoms with Gasteiger partial charge in [-0.25, -0.2) is 4.79 Å². The summed E-state index contributed by atoms with van der Waals surface area (Å²) in [4.78, 5) is 13.1. The average molecular weight is 431 g/mol. The summed E-state index contributed by atoms with van der Waals surface area (Å²) in [6.45, 7) is 4.45. The number of benzene rings is 1. The van der Waals surface area contributed by atoms with Crippen LogP contribution in [0.3, 0.4) is 0 Å². The minimum atomic E-state index is -0.386. The Morgan fingerprint density at radius 2 is 2.07 bits per heavy atom. The number of nitrogens with zero attached hydrogens (tertiary/aromatic N) is 2. The number of esters is 1. The standard InChI is InChI=1S/C20H22N4O3S2/c1-12-13(2)29-18(17(12)19(25)27-4)23-20(28)22-15-9-21-24(11-15)10-14-6-5-7-16(8-14)26-3/h5-9,11H,10H2,1-4H3,(H2,22,23,28). The molecule has 152 valence electrons. The van der Waals surface area contributed by atoms with Crippen molar-refractivity contribution in [3.8, 4) is 5.75 Å². The Morgan fingerprint density at radius 1 is 1.28 bits per heavy atom. The van der Waals surface area contributed by atoms with Crippen LogP contribution in [0.5, 0.6) is 5.75 Å². The van der Waals surface area contributed by atoms with E-state index >= 15 is 0 Å². The van der Waals surface area contributed by atoms with E-state index in [1.54, 1.807) is 18.0 Å². The fourth-order valence-electron chi connectivity index (χ4n) is 2.80. The van der Waals surface area contributed by atoms with E-state index in [9.17, 15) is 4.79 Å². The topological polar surface area (TPSA) is 77.4 Å². The Balaban J connectivity index is 1.66. The monoisotopic (exact) mass is 430 g/mol. The molecule has 0 aliphatic carbocycles. The van der Waals surface area contributed by atoms with E-state index in [0.29, 0.717) is 22.2 Å². The Labute approximate surface area is 178 Å². The number of carbonyl (C=O) groups excluding carboxylic acids is 1. The fourth-order valence-corrected chi connectivity index (χ4v) is 4.14. The molecule has 0 saturated heterocycles. The number of rotatable bonds is 6. The minimum Gasteiger partial charge on any atom is -0.497 e. The van der Waals surface area contributed by atoms with Gasteiger partial charge >= 0.3 is 5.97 Å². The van der Waals surface area contributed by atoms with E-state index in [0.717, 1.165) is 27.4 Å². The molecule has 2 heterocycles. The van der Waals surface area contributed by atoms with Crippen molar-refractivity contribution in [3.63, 3.8) is 0 Å². The van der Waals surface area contributed by atoms with Crippen molar-refractivity contribution in [1.29, 1.82) is 0 Å². The van der Waals surface area contributed by atoms with Crippen LogP contribution in [0.1, 0.15) is 26.4 Å². The van der Waals surface area contributed by atoms with Crippen molar-refractivity contribution in [2.24, 2.45) is 0 Å². The van der Waals surface area contributed by atoms with Crippen molar-refractivity contribution in [2.75, 3.05) is 24.9 Å². The summed E-state index contributed by atoms with van der Waals surface area (Å²) >= 11 is 6.87. The predicted octanol–water partition coefficient (Wildman–Crippen LogP) is 4.21. The van der Waals surface area contributed by atoms with E-state index in [1.807, 2.05) is 44.3 Å². The molecule has 0 aliphatic rings. The molecule has 0 saturated carbocycles. The van der Waals surface area contributed by atoms with Crippen LogP contribution in [0.4, 0.5) is 10.7 Å². The van der Waals surface area contributed by atoms with E-state index in [4.69, 9.17) is 21.7 Å². The first-order valence-electron chi connectivity index (χ1n) is 8.83. The quantitative estimate of drug-likeness (QED) is 0.448. The molecule has 1 aromatic carbocycles. The predicted molar refractivity (Wildman–Crippen MR) is 119 cm³/mol. The summed E-state index contributed by atoms with van der Waals surface area (Å²) in [5.74, 6) is 0.421. The number of thiophene rings is 1. The highest BCUT2D eigenvalue weighted by molar-refractivity contribution is 7.80. The van der Waals surface area contributed by atoms with Gasteiger partial charge in [-0.05, 0) is 49.3 Å². The van der Waals surface area contributed by atoms with Crippen LogP contribution in [0.15, 0.2) is 36.7 Å². The van der Waals surface area contributed by atoms with Crippen molar-refractivity contribution in [3.05, 3.63) is 58.2 Å². The number of methoxy groups -OCH3 is 2. The van der Waals surface area contributed by atoms with E-state index in [1.165, 1.54) is 18.4 Å². The van der Waals surface area contributed by atoms with Crippen LogP contribution >= 0.6 is 23.6 Å². The first-order chi connectivity index (χ1) is 13.9. The Bertz CT molecular complexity index is 1040. The van der Waals surface area contributed by atoms with Gasteiger partial charge in [0.1, 0.15) is 10.8 Å². The number of hydrogen-bond donors (Lipinski definition) is 2. The molecule has 29 heavy (non-hydrogen) atoms. The number of thiocarbonyl (C=S) groups is 1. The lowest BCUT2D eigenvalue weighted by molar-refractivity contribution is 0.0601. The molecule has 3 aromatic rings. The SMILES string of the molecule is COC(=O)c1c(NC(=S)Nc2cnn(Cc3cccc(OC)c3)c2)sc(C)c1C. The Morgan fingerprint density at radius 3 is 2.79 bits per heavy atom. The summed E-state index contributed by atoms with van der Waals surface area (Å²) in [5, 5.41) is 11.6. The maximum atomic E-state index is 12.1. The second-order valence-electron chi connectivity index (χ2n) is 6.34. The number of aryl methyl sites for hydroxylation is 1. The molecule has 0 aliphatic heterocycles. The summed E-state index contributed by atoms with van der Waals surface area (Å²) in [6.07, 6.45) is 3.56. The van der Waals surface area contributed by atoms with Crippen molar-refractivity contribution >= 4 is 45.3 Å². The smallest absolute Gasteiger partial charge is 0.341 e. The second-order valence-corrected chi connectivity index (χ2v) is 7.97. The first-order valence-corrected chi connectivity index (χ1v) is 10.1. The normalized spacial score (nSPS) is 10.5. The van der Waals surface area contributed by atoms with Crippen LogP contribution in [0.2, 0.25) is 0 Å². The van der Waals surface area contributed by atoms with Gasteiger partial charge in [-0.1, -0.05) is 12.1 Å². The average Bonchev–Trinajstić information content (AvgIpc) is 3.25. The molecular formula is C20H22N4O3S2. The third-order valence-electron chi connectivity index (χ3n) is 4.37. The fraction of sp³-hybridized carbons (Fsp3) is 0.250. The van der Waals surface area contributed by atoms with Crippen LogP contribution in [0, 0.1) is 13.8 Å². The molecule has 0 amide bonds. The minimum absolute atomic E-state index is 0.373. The molecule has 7 nitrogen and oxygen atoms in total. The molecule has 2 aromatic heterocycles. The zero-order valence-corrected chi connectivity index (χ0v) is 18.2. The first kappa shape index (κ1) is 20.8. The zero-order chi connectivity index (χ0) is 21.0. The maximum absolute atomic E-state index is 12.1. The van der Waals surface area contributed by atoms with Crippen LogP contribution in [-0.4, -0.2) is 35.1 Å². The maximum Gasteiger partial charge on any atom is 0.341 e. The van der Waals surface area contributed by atoms with Crippen LogP contribution < -0.4 is 15.4 Å². The number of anilines is 2. The van der Waals surface area contributed by atoms with Gasteiger partial charge in [0.25, 0.3) is 0 Å². The molecule has 3 rings (SSSR count). The van der Waals surface area contributed by atoms with E-state index < -0.39 is 0 Å². The van der Waals surface area contributed by atoms with Crippen molar-refractivity contribution in [1.82, 2.24) is 9.78 Å². The van der Waals surface area contributed by atoms with Crippen molar-refractivity contribution < 1.29 is 14.3 Å². The lowest BCUT2D eigenvalue weighted by atomic mass is 10.1. The zero-order valence-electron chi connectivity index (χ0n) is 16.6.